The summed E-state index contributed by atoms with van der Waals surface area (Å²) in [7, 11) is 1.62. The Bertz CT molecular complexity index is 1350. The maximum absolute atomic E-state index is 12.9. The predicted molar refractivity (Wildman–Crippen MR) is 138 cm³/mol. The van der Waals surface area contributed by atoms with Gasteiger partial charge in [-0.3, -0.25) is 4.79 Å². The molecule has 0 N–H and O–H groups in total. The van der Waals surface area contributed by atoms with Crippen LogP contribution in [0.4, 0.5) is 0 Å². The van der Waals surface area contributed by atoms with Crippen LogP contribution in [0.25, 0.3) is 22.4 Å². The number of unbranched alkanes of at least 4 members (excludes halogenated alkanes) is 5. The zero-order chi connectivity index (χ0) is 23.9. The lowest BCUT2D eigenvalue weighted by atomic mass is 10.1. The molecule has 2 aromatic carbocycles. The largest absolute Gasteiger partial charge is 0.493 e. The minimum absolute atomic E-state index is 0.199. The fraction of sp³-hybridized carbons (Fsp3) is 0.346. The lowest BCUT2D eigenvalue weighted by Gasteiger charge is -2.11. The first-order valence-corrected chi connectivity index (χ1v) is 12.8. The normalized spacial score (nSPS) is 11.9. The van der Waals surface area contributed by atoms with E-state index in [0.29, 0.717) is 38.4 Å². The van der Waals surface area contributed by atoms with Gasteiger partial charge in [0.15, 0.2) is 17.3 Å². The zero-order valence-electron chi connectivity index (χ0n) is 19.4. The highest BCUT2D eigenvalue weighted by molar-refractivity contribution is 7.15. The Hall–Kier alpha value is -2.90. The first-order valence-electron chi connectivity index (χ1n) is 11.6. The fourth-order valence-electron chi connectivity index (χ4n) is 3.66. The van der Waals surface area contributed by atoms with E-state index in [1.54, 1.807) is 19.2 Å². The van der Waals surface area contributed by atoms with Crippen molar-refractivity contribution in [3.63, 3.8) is 0 Å². The molecule has 0 bridgehead atoms. The summed E-state index contributed by atoms with van der Waals surface area (Å²) in [6, 6.07) is 12.9. The Morgan fingerprint density at radius 3 is 2.53 bits per heavy atom. The molecule has 34 heavy (non-hydrogen) atoms. The van der Waals surface area contributed by atoms with Gasteiger partial charge in [-0.2, -0.15) is 9.50 Å². The Morgan fingerprint density at radius 1 is 1.03 bits per heavy atom. The summed E-state index contributed by atoms with van der Waals surface area (Å²) in [6.45, 7) is 2.89. The molecule has 0 aliphatic heterocycles. The van der Waals surface area contributed by atoms with Gasteiger partial charge in [0.25, 0.3) is 5.56 Å². The number of methoxy groups -OCH3 is 1. The Balaban J connectivity index is 1.48. The average molecular weight is 498 g/mol. The third kappa shape index (κ3) is 5.77. The van der Waals surface area contributed by atoms with Gasteiger partial charge in [0.1, 0.15) is 0 Å². The topological polar surface area (TPSA) is 65.7 Å². The average Bonchev–Trinajstić information content (AvgIpc) is 3.38. The van der Waals surface area contributed by atoms with Crippen molar-refractivity contribution in [1.82, 2.24) is 14.6 Å². The highest BCUT2D eigenvalue weighted by atomic mass is 35.5. The van der Waals surface area contributed by atoms with E-state index in [9.17, 15) is 4.79 Å². The van der Waals surface area contributed by atoms with Crippen LogP contribution in [-0.4, -0.2) is 28.3 Å². The van der Waals surface area contributed by atoms with Gasteiger partial charge < -0.3 is 9.47 Å². The zero-order valence-corrected chi connectivity index (χ0v) is 21.0. The Morgan fingerprint density at radius 2 is 1.79 bits per heavy atom. The Labute approximate surface area is 207 Å². The number of benzene rings is 2. The van der Waals surface area contributed by atoms with Crippen LogP contribution < -0.4 is 19.6 Å². The number of ether oxygens (including phenoxy) is 2. The minimum Gasteiger partial charge on any atom is -0.493 e. The highest BCUT2D eigenvalue weighted by Crippen LogP contribution is 2.28. The van der Waals surface area contributed by atoms with Gasteiger partial charge in [0.05, 0.1) is 18.2 Å². The van der Waals surface area contributed by atoms with Crippen LogP contribution in [0.15, 0.2) is 47.3 Å². The van der Waals surface area contributed by atoms with Crippen LogP contribution in [0.3, 0.4) is 0 Å². The van der Waals surface area contributed by atoms with Crippen molar-refractivity contribution >= 4 is 34.0 Å². The number of aromatic nitrogens is 3. The summed E-state index contributed by atoms with van der Waals surface area (Å²) in [5.74, 6) is 1.86. The van der Waals surface area contributed by atoms with E-state index < -0.39 is 0 Å². The van der Waals surface area contributed by atoms with E-state index in [0.717, 1.165) is 17.5 Å². The molecule has 2 heterocycles. The van der Waals surface area contributed by atoms with E-state index in [-0.39, 0.29) is 5.56 Å². The van der Waals surface area contributed by atoms with Crippen LogP contribution in [0.1, 0.15) is 51.0 Å². The number of nitrogens with zero attached hydrogens (tertiary/aromatic N) is 3. The van der Waals surface area contributed by atoms with Crippen molar-refractivity contribution in [3.05, 3.63) is 67.9 Å². The molecule has 8 heteroatoms. The van der Waals surface area contributed by atoms with Gasteiger partial charge in [0, 0.05) is 10.6 Å². The van der Waals surface area contributed by atoms with Crippen molar-refractivity contribution in [2.24, 2.45) is 0 Å². The van der Waals surface area contributed by atoms with Crippen LogP contribution in [0.2, 0.25) is 5.02 Å². The molecule has 0 amide bonds. The lowest BCUT2D eigenvalue weighted by Crippen LogP contribution is -2.23. The number of hydrogen-bond donors (Lipinski definition) is 0. The Kier molecular flexibility index (Phi) is 8.19. The van der Waals surface area contributed by atoms with Crippen LogP contribution in [-0.2, 0) is 0 Å². The third-order valence-electron chi connectivity index (χ3n) is 5.53. The summed E-state index contributed by atoms with van der Waals surface area (Å²) >= 11 is 7.25. The quantitative estimate of drug-likeness (QED) is 0.246. The van der Waals surface area contributed by atoms with Gasteiger partial charge in [-0.1, -0.05) is 68.0 Å². The van der Waals surface area contributed by atoms with Crippen LogP contribution in [0.5, 0.6) is 11.5 Å². The highest BCUT2D eigenvalue weighted by Gasteiger charge is 2.12. The molecule has 4 aromatic rings. The molecule has 0 unspecified atom stereocenters. The molecular formula is C26H28ClN3O3S. The lowest BCUT2D eigenvalue weighted by molar-refractivity contribution is 0.284. The molecule has 178 valence electrons. The van der Waals surface area contributed by atoms with Gasteiger partial charge in [0.2, 0.25) is 4.96 Å². The van der Waals surface area contributed by atoms with Gasteiger partial charge in [-0.15, -0.1) is 5.10 Å². The number of fused-ring (bicyclic) bond motifs is 1. The summed E-state index contributed by atoms with van der Waals surface area (Å²) in [4.78, 5) is 17.9. The molecule has 0 radical (unpaired) electrons. The van der Waals surface area contributed by atoms with E-state index in [1.165, 1.54) is 48.0 Å². The van der Waals surface area contributed by atoms with Gasteiger partial charge >= 0.3 is 0 Å². The maximum atomic E-state index is 12.9. The standard InChI is InChI=1S/C26H28ClN3O3S/c1-3-4-5-6-7-8-15-33-21-14-9-18(16-22(21)32-2)17-23-25(31)30-26(34-23)28-24(29-30)19-10-12-20(27)13-11-19/h9-14,16-17H,3-8,15H2,1-2H3. The molecule has 0 saturated carbocycles. The summed E-state index contributed by atoms with van der Waals surface area (Å²) < 4.78 is 13.4. The molecule has 4 rings (SSSR count). The van der Waals surface area contributed by atoms with E-state index in [1.807, 2.05) is 36.4 Å². The molecule has 2 aromatic heterocycles. The van der Waals surface area contributed by atoms with Crippen LogP contribution in [0, 0.1) is 0 Å². The minimum atomic E-state index is -0.199. The van der Waals surface area contributed by atoms with Crippen molar-refractivity contribution in [2.45, 2.75) is 45.4 Å². The maximum Gasteiger partial charge on any atom is 0.291 e. The third-order valence-corrected chi connectivity index (χ3v) is 6.74. The number of halogens is 1. The SMILES string of the molecule is CCCCCCCCOc1ccc(C=c2sc3nc(-c4ccc(Cl)cc4)nn3c2=O)cc1OC. The van der Waals surface area contributed by atoms with Gasteiger partial charge in [-0.05, 0) is 54.5 Å². The molecule has 0 aliphatic rings. The molecule has 0 aliphatic carbocycles. The van der Waals surface area contributed by atoms with Gasteiger partial charge in [-0.25, -0.2) is 0 Å². The van der Waals surface area contributed by atoms with Crippen molar-refractivity contribution in [2.75, 3.05) is 13.7 Å². The van der Waals surface area contributed by atoms with Crippen LogP contribution >= 0.6 is 22.9 Å². The summed E-state index contributed by atoms with van der Waals surface area (Å²) in [6.07, 6.45) is 9.12. The second kappa shape index (κ2) is 11.5. The molecule has 0 atom stereocenters. The first kappa shape index (κ1) is 24.2. The van der Waals surface area contributed by atoms with E-state index in [4.69, 9.17) is 21.1 Å². The monoisotopic (exact) mass is 497 g/mol. The van der Waals surface area contributed by atoms with E-state index in [2.05, 4.69) is 17.0 Å². The molecule has 0 spiro atoms. The van der Waals surface area contributed by atoms with E-state index >= 15 is 0 Å². The molecule has 0 saturated heterocycles. The molecule has 0 fully saturated rings. The first-order chi connectivity index (χ1) is 16.6. The summed E-state index contributed by atoms with van der Waals surface area (Å²) in [5.41, 5.74) is 1.46. The van der Waals surface area contributed by atoms with Crippen molar-refractivity contribution < 1.29 is 9.47 Å². The number of rotatable bonds is 11. The van der Waals surface area contributed by atoms with Crippen molar-refractivity contribution in [3.8, 4) is 22.9 Å². The van der Waals surface area contributed by atoms with Crippen molar-refractivity contribution in [1.29, 1.82) is 0 Å². The summed E-state index contributed by atoms with van der Waals surface area (Å²) in [5, 5.41) is 5.02. The second-order valence-electron chi connectivity index (χ2n) is 8.08. The molecule has 6 nitrogen and oxygen atoms in total. The fourth-order valence-corrected chi connectivity index (χ4v) is 4.70. The number of thiazole rings is 1. The molecular weight excluding hydrogens is 470 g/mol. The smallest absolute Gasteiger partial charge is 0.291 e. The second-order valence-corrected chi connectivity index (χ2v) is 9.52. The number of hydrogen-bond acceptors (Lipinski definition) is 6. The predicted octanol–water partition coefficient (Wildman–Crippen LogP) is 5.77.